The van der Waals surface area contributed by atoms with Crippen LogP contribution in [0.2, 0.25) is 5.02 Å². The van der Waals surface area contributed by atoms with Crippen molar-refractivity contribution in [2.45, 2.75) is 31.1 Å². The number of rotatable bonds is 3. The third-order valence-electron chi connectivity index (χ3n) is 4.95. The van der Waals surface area contributed by atoms with Crippen LogP contribution in [-0.4, -0.2) is 19.9 Å². The number of phenols is 1. The Kier molecular flexibility index (Phi) is 3.85. The average molecular weight is 360 g/mol. The molecule has 1 N–H and O–H groups in total. The van der Waals surface area contributed by atoms with Gasteiger partial charge in [-0.3, -0.25) is 0 Å². The maximum absolute atomic E-state index is 9.57. The lowest BCUT2D eigenvalue weighted by molar-refractivity contribution is 0.475. The van der Waals surface area contributed by atoms with Crippen LogP contribution in [0.25, 0.3) is 11.4 Å². The van der Waals surface area contributed by atoms with Gasteiger partial charge in [0.15, 0.2) is 5.82 Å². The molecule has 0 aliphatic heterocycles. The lowest BCUT2D eigenvalue weighted by Gasteiger charge is -2.26. The van der Waals surface area contributed by atoms with Gasteiger partial charge in [-0.2, -0.15) is 0 Å². The van der Waals surface area contributed by atoms with Crippen LogP contribution in [0.3, 0.4) is 0 Å². The minimum absolute atomic E-state index is 0.0441. The summed E-state index contributed by atoms with van der Waals surface area (Å²) in [5.74, 6) is 1.89. The topological polar surface area (TPSA) is 50.9 Å². The first-order valence-corrected chi connectivity index (χ1v) is 9.30. The van der Waals surface area contributed by atoms with E-state index in [1.54, 1.807) is 23.5 Å². The van der Waals surface area contributed by atoms with Crippen LogP contribution in [0.15, 0.2) is 35.7 Å². The summed E-state index contributed by atoms with van der Waals surface area (Å²) in [4.78, 5) is 1.36. The highest BCUT2D eigenvalue weighted by Crippen LogP contribution is 2.47. The molecule has 1 saturated carbocycles. The molecule has 124 valence electrons. The Bertz CT molecular complexity index is 867. The van der Waals surface area contributed by atoms with Gasteiger partial charge in [-0.1, -0.05) is 30.5 Å². The predicted octanol–water partition coefficient (Wildman–Crippen LogP) is 4.76. The Hall–Kier alpha value is -1.85. The van der Waals surface area contributed by atoms with E-state index in [1.807, 2.05) is 7.05 Å². The fourth-order valence-electron chi connectivity index (χ4n) is 3.78. The number of aromatic nitrogens is 3. The van der Waals surface area contributed by atoms with E-state index in [9.17, 15) is 5.11 Å². The molecule has 1 aromatic carbocycles. The molecule has 4 rings (SSSR count). The van der Waals surface area contributed by atoms with E-state index < -0.39 is 0 Å². The monoisotopic (exact) mass is 359 g/mol. The highest BCUT2D eigenvalue weighted by molar-refractivity contribution is 7.10. The molecule has 1 fully saturated rings. The van der Waals surface area contributed by atoms with E-state index in [0.29, 0.717) is 5.02 Å². The molecule has 0 saturated heterocycles. The maximum Gasteiger partial charge on any atom is 0.165 e. The van der Waals surface area contributed by atoms with Gasteiger partial charge in [-0.15, -0.1) is 21.5 Å². The molecule has 0 radical (unpaired) electrons. The molecule has 0 unspecified atom stereocenters. The van der Waals surface area contributed by atoms with Crippen LogP contribution in [0.5, 0.6) is 5.75 Å². The van der Waals surface area contributed by atoms with Crippen molar-refractivity contribution in [3.63, 3.8) is 0 Å². The first-order chi connectivity index (χ1) is 11.6. The van der Waals surface area contributed by atoms with Crippen LogP contribution in [-0.2, 0) is 12.5 Å². The molecule has 6 heteroatoms. The summed E-state index contributed by atoms with van der Waals surface area (Å²) in [6, 6.07) is 9.26. The third-order valence-corrected chi connectivity index (χ3v) is 6.33. The minimum Gasteiger partial charge on any atom is -0.508 e. The van der Waals surface area contributed by atoms with E-state index >= 15 is 0 Å². The summed E-state index contributed by atoms with van der Waals surface area (Å²) >= 11 is 8.09. The van der Waals surface area contributed by atoms with Crippen molar-refractivity contribution in [3.05, 3.63) is 51.4 Å². The van der Waals surface area contributed by atoms with Gasteiger partial charge in [0.25, 0.3) is 0 Å². The summed E-state index contributed by atoms with van der Waals surface area (Å²) in [6.07, 6.45) is 4.62. The van der Waals surface area contributed by atoms with Gasteiger partial charge < -0.3 is 9.67 Å². The van der Waals surface area contributed by atoms with E-state index in [4.69, 9.17) is 11.6 Å². The molecule has 0 amide bonds. The van der Waals surface area contributed by atoms with Crippen LogP contribution >= 0.6 is 22.9 Å². The van der Waals surface area contributed by atoms with Gasteiger partial charge in [0.1, 0.15) is 11.6 Å². The molecular formula is C18H18ClN3OS. The fraction of sp³-hybridized carbons (Fsp3) is 0.333. The second-order valence-electron chi connectivity index (χ2n) is 6.34. The number of benzene rings is 1. The zero-order chi connectivity index (χ0) is 16.7. The number of nitrogens with zero attached hydrogens (tertiary/aromatic N) is 3. The van der Waals surface area contributed by atoms with Crippen molar-refractivity contribution >= 4 is 22.9 Å². The third kappa shape index (κ3) is 2.34. The second-order valence-corrected chi connectivity index (χ2v) is 7.69. The Morgan fingerprint density at radius 2 is 2.00 bits per heavy atom. The lowest BCUT2D eigenvalue weighted by Crippen LogP contribution is -2.26. The molecular weight excluding hydrogens is 342 g/mol. The SMILES string of the molecule is Cn1c(-c2ccc(O)cc2Cl)nnc1C1(c2cccs2)CCCC1. The summed E-state index contributed by atoms with van der Waals surface area (Å²) in [5.41, 5.74) is 0.743. The molecule has 0 bridgehead atoms. The largest absolute Gasteiger partial charge is 0.508 e. The van der Waals surface area contributed by atoms with Crippen molar-refractivity contribution in [3.8, 4) is 17.1 Å². The highest BCUT2D eigenvalue weighted by atomic mass is 35.5. The molecule has 1 aliphatic rings. The standard InChI is InChI=1S/C18H18ClN3OS/c1-22-16(13-7-6-12(23)11-14(13)19)20-21-17(22)18(8-2-3-9-18)15-5-4-10-24-15/h4-7,10-11,23H,2-3,8-9H2,1H3. The second kappa shape index (κ2) is 5.90. The van der Waals surface area contributed by atoms with Gasteiger partial charge in [-0.25, -0.2) is 0 Å². The molecule has 24 heavy (non-hydrogen) atoms. The van der Waals surface area contributed by atoms with Crippen molar-refractivity contribution in [1.29, 1.82) is 0 Å². The quantitative estimate of drug-likeness (QED) is 0.733. The predicted molar refractivity (Wildman–Crippen MR) is 96.7 cm³/mol. The summed E-state index contributed by atoms with van der Waals surface area (Å²) in [5, 5.41) is 21.2. The van der Waals surface area contributed by atoms with Crippen LogP contribution in [0.1, 0.15) is 36.4 Å². The summed E-state index contributed by atoms with van der Waals surface area (Å²) < 4.78 is 2.06. The number of halogens is 1. The van der Waals surface area contributed by atoms with Gasteiger partial charge in [0, 0.05) is 17.5 Å². The van der Waals surface area contributed by atoms with Crippen molar-refractivity contribution < 1.29 is 5.11 Å². The van der Waals surface area contributed by atoms with Gasteiger partial charge in [0.05, 0.1) is 10.4 Å². The fourth-order valence-corrected chi connectivity index (χ4v) is 5.02. The zero-order valence-corrected chi connectivity index (χ0v) is 14.9. The highest BCUT2D eigenvalue weighted by Gasteiger charge is 2.42. The molecule has 3 aromatic rings. The number of hydrogen-bond donors (Lipinski definition) is 1. The molecule has 2 heterocycles. The maximum atomic E-state index is 9.57. The molecule has 1 aliphatic carbocycles. The van der Waals surface area contributed by atoms with E-state index in [1.165, 1.54) is 23.8 Å². The number of aromatic hydroxyl groups is 1. The Labute approximate surface area is 149 Å². The van der Waals surface area contributed by atoms with Gasteiger partial charge in [0.2, 0.25) is 0 Å². The van der Waals surface area contributed by atoms with Gasteiger partial charge >= 0.3 is 0 Å². The van der Waals surface area contributed by atoms with Crippen molar-refractivity contribution in [1.82, 2.24) is 14.8 Å². The van der Waals surface area contributed by atoms with E-state index in [-0.39, 0.29) is 11.2 Å². The Balaban J connectivity index is 1.84. The Morgan fingerprint density at radius 1 is 1.21 bits per heavy atom. The molecule has 4 nitrogen and oxygen atoms in total. The Morgan fingerprint density at radius 3 is 2.67 bits per heavy atom. The average Bonchev–Trinajstić information content (AvgIpc) is 3.27. The first-order valence-electron chi connectivity index (χ1n) is 8.04. The normalized spacial score (nSPS) is 16.6. The van der Waals surface area contributed by atoms with Crippen molar-refractivity contribution in [2.75, 3.05) is 0 Å². The first kappa shape index (κ1) is 15.7. The van der Waals surface area contributed by atoms with Gasteiger partial charge in [-0.05, 0) is 42.5 Å². The summed E-state index contributed by atoms with van der Waals surface area (Å²) in [6.45, 7) is 0. The number of thiophene rings is 1. The number of phenolic OH excluding ortho intramolecular Hbond substituents is 1. The van der Waals surface area contributed by atoms with Crippen molar-refractivity contribution in [2.24, 2.45) is 7.05 Å². The molecule has 2 aromatic heterocycles. The lowest BCUT2D eigenvalue weighted by atomic mass is 9.83. The number of hydrogen-bond acceptors (Lipinski definition) is 4. The van der Waals surface area contributed by atoms with E-state index in [2.05, 4.69) is 32.3 Å². The molecule has 0 atom stereocenters. The summed E-state index contributed by atoms with van der Waals surface area (Å²) in [7, 11) is 2.00. The molecule has 0 spiro atoms. The van der Waals surface area contributed by atoms with Crippen LogP contribution in [0.4, 0.5) is 0 Å². The van der Waals surface area contributed by atoms with E-state index in [0.717, 1.165) is 30.1 Å². The van der Waals surface area contributed by atoms with Crippen LogP contribution < -0.4 is 0 Å². The zero-order valence-electron chi connectivity index (χ0n) is 13.4. The van der Waals surface area contributed by atoms with Crippen LogP contribution in [0, 0.1) is 0 Å². The smallest absolute Gasteiger partial charge is 0.165 e. The minimum atomic E-state index is -0.0441.